The highest BCUT2D eigenvalue weighted by molar-refractivity contribution is 5.94. The van der Waals surface area contributed by atoms with Gasteiger partial charge in [0.2, 0.25) is 17.7 Å². The molecule has 13 heteroatoms. The van der Waals surface area contributed by atoms with Crippen molar-refractivity contribution in [2.75, 3.05) is 0 Å². The molecule has 0 aliphatic rings. The highest BCUT2D eigenvalue weighted by atomic mass is 16.4. The molecule has 0 saturated heterocycles. The second kappa shape index (κ2) is 13.2. The third-order valence-electron chi connectivity index (χ3n) is 4.54. The van der Waals surface area contributed by atoms with E-state index in [1.165, 1.54) is 6.92 Å². The monoisotopic (exact) mass is 446 g/mol. The van der Waals surface area contributed by atoms with Crippen LogP contribution in [0.4, 0.5) is 0 Å². The zero-order valence-corrected chi connectivity index (χ0v) is 17.6. The maximum Gasteiger partial charge on any atom is 0.326 e. The zero-order chi connectivity index (χ0) is 24.3. The van der Waals surface area contributed by atoms with Gasteiger partial charge in [-0.15, -0.1) is 0 Å². The highest BCUT2D eigenvalue weighted by Gasteiger charge is 2.31. The molecule has 13 nitrogen and oxygen atoms in total. The molecule has 0 fully saturated rings. The van der Waals surface area contributed by atoms with Gasteiger partial charge < -0.3 is 37.0 Å². The van der Waals surface area contributed by atoms with Gasteiger partial charge in [-0.25, -0.2) is 4.79 Å². The topological polar surface area (TPSA) is 225 Å². The fourth-order valence-electron chi connectivity index (χ4n) is 2.43. The number of nitrogens with two attached hydrogens (primary N) is 1. The first-order valence-corrected chi connectivity index (χ1v) is 9.63. The Balaban J connectivity index is 5.18. The standard InChI is InChI=1S/C18H30N4O9/c1-4-8(2)14(17(29)21-11(18(30)31)5-6-12(23)24)22-15(27)9(3)20-16(28)10(19)7-13(25)26/h8-11,14H,4-7,19H2,1-3H3,(H,20,28)(H,21,29)(H,22,27)(H,23,24)(H,25,26)(H,30,31). The summed E-state index contributed by atoms with van der Waals surface area (Å²) >= 11 is 0. The van der Waals surface area contributed by atoms with Crippen LogP contribution in [0.2, 0.25) is 0 Å². The van der Waals surface area contributed by atoms with Gasteiger partial charge in [0, 0.05) is 6.42 Å². The van der Waals surface area contributed by atoms with Gasteiger partial charge in [0.1, 0.15) is 18.1 Å². The summed E-state index contributed by atoms with van der Waals surface area (Å²) in [5.74, 6) is -6.81. The molecule has 176 valence electrons. The van der Waals surface area contributed by atoms with Crippen molar-refractivity contribution in [2.24, 2.45) is 11.7 Å². The molecular formula is C18H30N4O9. The number of amides is 3. The molecule has 0 aliphatic carbocycles. The second-order valence-corrected chi connectivity index (χ2v) is 7.14. The zero-order valence-electron chi connectivity index (χ0n) is 17.6. The average molecular weight is 446 g/mol. The Hall–Kier alpha value is -3.22. The molecule has 0 aromatic rings. The molecule has 3 amide bonds. The molecule has 0 aliphatic heterocycles. The van der Waals surface area contributed by atoms with Crippen molar-refractivity contribution in [1.82, 2.24) is 16.0 Å². The van der Waals surface area contributed by atoms with Crippen LogP contribution in [0.3, 0.4) is 0 Å². The maximum atomic E-state index is 12.6. The number of carbonyl (C=O) groups is 6. The predicted octanol–water partition coefficient (Wildman–Crippen LogP) is -1.74. The van der Waals surface area contributed by atoms with Crippen molar-refractivity contribution in [2.45, 2.75) is 70.6 Å². The van der Waals surface area contributed by atoms with E-state index in [0.717, 1.165) is 0 Å². The van der Waals surface area contributed by atoms with Gasteiger partial charge in [0.25, 0.3) is 0 Å². The lowest BCUT2D eigenvalue weighted by molar-refractivity contribution is -0.143. The van der Waals surface area contributed by atoms with Crippen molar-refractivity contribution in [3.8, 4) is 0 Å². The summed E-state index contributed by atoms with van der Waals surface area (Å²) in [6, 6.07) is -5.14. The number of hydrogen-bond acceptors (Lipinski definition) is 7. The van der Waals surface area contributed by atoms with Crippen LogP contribution in [0.1, 0.15) is 46.5 Å². The molecule has 0 bridgehead atoms. The molecule has 8 N–H and O–H groups in total. The number of carboxylic acids is 3. The fourth-order valence-corrected chi connectivity index (χ4v) is 2.43. The summed E-state index contributed by atoms with van der Waals surface area (Å²) < 4.78 is 0. The van der Waals surface area contributed by atoms with Gasteiger partial charge in [0.05, 0.1) is 12.5 Å². The third kappa shape index (κ3) is 10.4. The Bertz CT molecular complexity index is 698. The van der Waals surface area contributed by atoms with Crippen LogP contribution in [0.25, 0.3) is 0 Å². The Labute approximate surface area is 178 Å². The average Bonchev–Trinajstić information content (AvgIpc) is 2.66. The van der Waals surface area contributed by atoms with Crippen molar-refractivity contribution >= 4 is 35.6 Å². The normalized spacial score (nSPS) is 15.5. The van der Waals surface area contributed by atoms with Gasteiger partial charge in [-0.3, -0.25) is 24.0 Å². The molecule has 0 radical (unpaired) electrons. The lowest BCUT2D eigenvalue weighted by Gasteiger charge is -2.27. The van der Waals surface area contributed by atoms with E-state index in [4.69, 9.17) is 15.9 Å². The Morgan fingerprint density at radius 3 is 1.87 bits per heavy atom. The number of carbonyl (C=O) groups excluding carboxylic acids is 3. The summed E-state index contributed by atoms with van der Waals surface area (Å²) in [6.07, 6.45) is -1.01. The van der Waals surface area contributed by atoms with Gasteiger partial charge in [-0.1, -0.05) is 20.3 Å². The summed E-state index contributed by atoms with van der Waals surface area (Å²) in [5.41, 5.74) is 5.43. The Kier molecular flexibility index (Phi) is 11.8. The first kappa shape index (κ1) is 27.8. The van der Waals surface area contributed by atoms with Crippen LogP contribution in [-0.2, 0) is 28.8 Å². The SMILES string of the molecule is CCC(C)C(NC(=O)C(C)NC(=O)C(N)CC(=O)O)C(=O)NC(CCC(=O)O)C(=O)O. The number of hydrogen-bond donors (Lipinski definition) is 7. The first-order chi connectivity index (χ1) is 14.3. The van der Waals surface area contributed by atoms with Crippen LogP contribution in [0, 0.1) is 5.92 Å². The van der Waals surface area contributed by atoms with Crippen molar-refractivity contribution in [1.29, 1.82) is 0 Å². The van der Waals surface area contributed by atoms with E-state index in [1.54, 1.807) is 13.8 Å². The molecular weight excluding hydrogens is 416 g/mol. The van der Waals surface area contributed by atoms with Gasteiger partial charge in [-0.05, 0) is 19.3 Å². The van der Waals surface area contributed by atoms with Crippen molar-refractivity contribution in [3.05, 3.63) is 0 Å². The van der Waals surface area contributed by atoms with Crippen LogP contribution in [0.15, 0.2) is 0 Å². The first-order valence-electron chi connectivity index (χ1n) is 9.63. The number of carboxylic acid groups (broad SMARTS) is 3. The lowest BCUT2D eigenvalue weighted by atomic mass is 9.97. The summed E-state index contributed by atoms with van der Waals surface area (Å²) in [5, 5.41) is 33.5. The van der Waals surface area contributed by atoms with E-state index >= 15 is 0 Å². The molecule has 31 heavy (non-hydrogen) atoms. The number of rotatable bonds is 14. The number of nitrogens with one attached hydrogen (secondary N) is 3. The molecule has 5 unspecified atom stereocenters. The highest BCUT2D eigenvalue weighted by Crippen LogP contribution is 2.10. The second-order valence-electron chi connectivity index (χ2n) is 7.14. The molecule has 0 heterocycles. The molecule has 0 spiro atoms. The van der Waals surface area contributed by atoms with E-state index in [-0.39, 0.29) is 6.42 Å². The smallest absolute Gasteiger partial charge is 0.326 e. The van der Waals surface area contributed by atoms with E-state index in [0.29, 0.717) is 6.42 Å². The van der Waals surface area contributed by atoms with Crippen LogP contribution in [0.5, 0.6) is 0 Å². The minimum Gasteiger partial charge on any atom is -0.481 e. The van der Waals surface area contributed by atoms with E-state index < -0.39 is 78.6 Å². The van der Waals surface area contributed by atoms with Crippen molar-refractivity contribution < 1.29 is 44.1 Å². The van der Waals surface area contributed by atoms with E-state index in [2.05, 4.69) is 16.0 Å². The lowest BCUT2D eigenvalue weighted by Crippen LogP contribution is -2.58. The summed E-state index contributed by atoms with van der Waals surface area (Å²) in [4.78, 5) is 69.5. The Morgan fingerprint density at radius 1 is 0.839 bits per heavy atom. The minimum absolute atomic E-state index is 0.342. The van der Waals surface area contributed by atoms with E-state index in [9.17, 15) is 33.9 Å². The van der Waals surface area contributed by atoms with Gasteiger partial charge >= 0.3 is 17.9 Å². The van der Waals surface area contributed by atoms with E-state index in [1.807, 2.05) is 0 Å². The summed E-state index contributed by atoms with van der Waals surface area (Å²) in [7, 11) is 0. The minimum atomic E-state index is -1.46. The third-order valence-corrected chi connectivity index (χ3v) is 4.54. The van der Waals surface area contributed by atoms with Crippen LogP contribution >= 0.6 is 0 Å². The van der Waals surface area contributed by atoms with Gasteiger partial charge in [0.15, 0.2) is 0 Å². The molecule has 0 saturated carbocycles. The maximum absolute atomic E-state index is 12.6. The molecule has 0 aromatic heterocycles. The molecule has 5 atom stereocenters. The van der Waals surface area contributed by atoms with Crippen molar-refractivity contribution in [3.63, 3.8) is 0 Å². The number of aliphatic carboxylic acids is 3. The summed E-state index contributed by atoms with van der Waals surface area (Å²) in [6.45, 7) is 4.69. The van der Waals surface area contributed by atoms with Crippen LogP contribution in [-0.4, -0.2) is 75.1 Å². The fraction of sp³-hybridized carbons (Fsp3) is 0.667. The quantitative estimate of drug-likeness (QED) is 0.159. The molecule has 0 aromatic carbocycles. The molecule has 0 rings (SSSR count). The largest absolute Gasteiger partial charge is 0.481 e. The van der Waals surface area contributed by atoms with Gasteiger partial charge in [-0.2, -0.15) is 0 Å². The predicted molar refractivity (Wildman–Crippen MR) is 106 cm³/mol. The Morgan fingerprint density at radius 2 is 1.42 bits per heavy atom. The van der Waals surface area contributed by atoms with Crippen LogP contribution < -0.4 is 21.7 Å².